The number of aldehydes is 1. The molecule has 11 heavy (non-hydrogen) atoms. The molecular weight excluding hydrogens is 136 g/mol. The molecule has 0 amide bonds. The first-order chi connectivity index (χ1) is 5.16. The predicted octanol–water partition coefficient (Wildman–Crippen LogP) is 2.57. The summed E-state index contributed by atoms with van der Waals surface area (Å²) in [6, 6.07) is 0. The second-order valence-electron chi connectivity index (χ2n) is 3.70. The SMILES string of the molecule is CC(C)=C1CC[C@@H](C)C1C=O. The summed E-state index contributed by atoms with van der Waals surface area (Å²) in [7, 11) is 0. The van der Waals surface area contributed by atoms with E-state index in [0.717, 1.165) is 12.7 Å². The van der Waals surface area contributed by atoms with E-state index in [1.54, 1.807) is 0 Å². The maximum atomic E-state index is 10.7. The van der Waals surface area contributed by atoms with Gasteiger partial charge in [-0.2, -0.15) is 0 Å². The average molecular weight is 152 g/mol. The zero-order valence-corrected chi connectivity index (χ0v) is 7.55. The standard InChI is InChI=1S/C10H16O/c1-7(2)9-5-4-8(3)10(9)6-11/h6,8,10H,4-5H2,1-3H3/t8-,10?/m1/s1. The van der Waals surface area contributed by atoms with Crippen LogP contribution in [0.25, 0.3) is 0 Å². The number of allylic oxidation sites excluding steroid dienone is 2. The normalized spacial score (nSPS) is 30.6. The molecule has 1 aliphatic rings. The van der Waals surface area contributed by atoms with Crippen molar-refractivity contribution in [2.75, 3.05) is 0 Å². The maximum Gasteiger partial charge on any atom is 0.127 e. The topological polar surface area (TPSA) is 17.1 Å². The number of hydrogen-bond donors (Lipinski definition) is 0. The van der Waals surface area contributed by atoms with E-state index < -0.39 is 0 Å². The minimum Gasteiger partial charge on any atom is -0.303 e. The van der Waals surface area contributed by atoms with Crippen LogP contribution in [-0.4, -0.2) is 6.29 Å². The lowest BCUT2D eigenvalue weighted by Gasteiger charge is -2.09. The molecule has 0 aromatic carbocycles. The molecule has 0 spiro atoms. The quantitative estimate of drug-likeness (QED) is 0.417. The number of carbonyl (C=O) groups is 1. The minimum atomic E-state index is 0.222. The minimum absolute atomic E-state index is 0.222. The monoisotopic (exact) mass is 152 g/mol. The largest absolute Gasteiger partial charge is 0.303 e. The van der Waals surface area contributed by atoms with Gasteiger partial charge in [-0.1, -0.05) is 18.1 Å². The Bertz CT molecular complexity index is 187. The van der Waals surface area contributed by atoms with Gasteiger partial charge >= 0.3 is 0 Å². The Labute approximate surface area is 68.5 Å². The highest BCUT2D eigenvalue weighted by Gasteiger charge is 2.27. The molecule has 2 atom stereocenters. The molecule has 0 bridgehead atoms. The highest BCUT2D eigenvalue weighted by Crippen LogP contribution is 2.36. The molecule has 1 aliphatic carbocycles. The van der Waals surface area contributed by atoms with Crippen LogP contribution in [0.1, 0.15) is 33.6 Å². The van der Waals surface area contributed by atoms with E-state index in [1.807, 2.05) is 0 Å². The van der Waals surface area contributed by atoms with Crippen molar-refractivity contribution in [2.45, 2.75) is 33.6 Å². The third-order valence-corrected chi connectivity index (χ3v) is 2.67. The second-order valence-corrected chi connectivity index (χ2v) is 3.70. The molecule has 0 aromatic heterocycles. The van der Waals surface area contributed by atoms with Gasteiger partial charge in [-0.3, -0.25) is 0 Å². The number of carbonyl (C=O) groups excluding carboxylic acids is 1. The van der Waals surface area contributed by atoms with Gasteiger partial charge in [0, 0.05) is 5.92 Å². The number of hydrogen-bond acceptors (Lipinski definition) is 1. The summed E-state index contributed by atoms with van der Waals surface area (Å²) in [4.78, 5) is 10.7. The van der Waals surface area contributed by atoms with Gasteiger partial charge in [0.05, 0.1) is 0 Å². The van der Waals surface area contributed by atoms with Gasteiger partial charge in [-0.25, -0.2) is 0 Å². The average Bonchev–Trinajstić information content (AvgIpc) is 2.30. The summed E-state index contributed by atoms with van der Waals surface area (Å²) in [5, 5.41) is 0. The van der Waals surface area contributed by atoms with E-state index in [2.05, 4.69) is 20.8 Å². The number of rotatable bonds is 1. The molecule has 1 unspecified atom stereocenters. The van der Waals surface area contributed by atoms with E-state index in [9.17, 15) is 4.79 Å². The van der Waals surface area contributed by atoms with Gasteiger partial charge < -0.3 is 4.79 Å². The summed E-state index contributed by atoms with van der Waals surface area (Å²) >= 11 is 0. The first kappa shape index (κ1) is 8.51. The molecule has 1 fully saturated rings. The molecule has 1 nitrogen and oxygen atoms in total. The van der Waals surface area contributed by atoms with Crippen LogP contribution < -0.4 is 0 Å². The predicted molar refractivity (Wildman–Crippen MR) is 46.3 cm³/mol. The lowest BCUT2D eigenvalue weighted by molar-refractivity contribution is -0.110. The molecule has 0 saturated heterocycles. The first-order valence-corrected chi connectivity index (χ1v) is 4.28. The van der Waals surface area contributed by atoms with E-state index in [4.69, 9.17) is 0 Å². The maximum absolute atomic E-state index is 10.7. The summed E-state index contributed by atoms with van der Waals surface area (Å²) in [5.74, 6) is 0.789. The lowest BCUT2D eigenvalue weighted by atomic mass is 9.94. The first-order valence-electron chi connectivity index (χ1n) is 4.28. The van der Waals surface area contributed by atoms with E-state index in [-0.39, 0.29) is 5.92 Å². The molecule has 0 heterocycles. The van der Waals surface area contributed by atoms with Crippen LogP contribution in [0.3, 0.4) is 0 Å². The molecule has 62 valence electrons. The van der Waals surface area contributed by atoms with Gasteiger partial charge in [-0.15, -0.1) is 0 Å². The Balaban J connectivity index is 2.85. The van der Waals surface area contributed by atoms with Crippen LogP contribution in [0.4, 0.5) is 0 Å². The van der Waals surface area contributed by atoms with Crippen molar-refractivity contribution in [3.63, 3.8) is 0 Å². The summed E-state index contributed by atoms with van der Waals surface area (Å²) in [6.07, 6.45) is 3.43. The zero-order chi connectivity index (χ0) is 8.43. The van der Waals surface area contributed by atoms with Crippen molar-refractivity contribution < 1.29 is 4.79 Å². The fourth-order valence-corrected chi connectivity index (χ4v) is 1.87. The van der Waals surface area contributed by atoms with Crippen LogP contribution in [0.15, 0.2) is 11.1 Å². The van der Waals surface area contributed by atoms with E-state index >= 15 is 0 Å². The van der Waals surface area contributed by atoms with E-state index in [1.165, 1.54) is 17.6 Å². The van der Waals surface area contributed by atoms with Crippen molar-refractivity contribution in [1.82, 2.24) is 0 Å². The van der Waals surface area contributed by atoms with Crippen molar-refractivity contribution in [3.05, 3.63) is 11.1 Å². The van der Waals surface area contributed by atoms with E-state index in [0.29, 0.717) is 5.92 Å². The van der Waals surface area contributed by atoms with Crippen molar-refractivity contribution in [3.8, 4) is 0 Å². The summed E-state index contributed by atoms with van der Waals surface area (Å²) in [5.41, 5.74) is 2.72. The van der Waals surface area contributed by atoms with Gasteiger partial charge in [0.15, 0.2) is 0 Å². The van der Waals surface area contributed by atoms with Gasteiger partial charge in [-0.05, 0) is 32.6 Å². The van der Waals surface area contributed by atoms with Crippen LogP contribution in [0.2, 0.25) is 0 Å². The third kappa shape index (κ3) is 1.52. The molecular formula is C10H16O. The zero-order valence-electron chi connectivity index (χ0n) is 7.55. The highest BCUT2D eigenvalue weighted by molar-refractivity contribution is 5.61. The Kier molecular flexibility index (Phi) is 2.48. The van der Waals surface area contributed by atoms with Crippen LogP contribution >= 0.6 is 0 Å². The summed E-state index contributed by atoms with van der Waals surface area (Å²) in [6.45, 7) is 6.36. The smallest absolute Gasteiger partial charge is 0.127 e. The fraction of sp³-hybridized carbons (Fsp3) is 0.700. The Morgan fingerprint density at radius 3 is 2.55 bits per heavy atom. The highest BCUT2D eigenvalue weighted by atomic mass is 16.1. The lowest BCUT2D eigenvalue weighted by Crippen LogP contribution is -2.07. The van der Waals surface area contributed by atoms with Crippen LogP contribution in [0.5, 0.6) is 0 Å². The van der Waals surface area contributed by atoms with Gasteiger partial charge in [0.2, 0.25) is 0 Å². The molecule has 1 saturated carbocycles. The molecule has 0 N–H and O–H groups in total. The Hall–Kier alpha value is -0.590. The second kappa shape index (κ2) is 3.21. The van der Waals surface area contributed by atoms with Crippen molar-refractivity contribution in [1.29, 1.82) is 0 Å². The van der Waals surface area contributed by atoms with Crippen LogP contribution in [0, 0.1) is 11.8 Å². The summed E-state index contributed by atoms with van der Waals surface area (Å²) < 4.78 is 0. The van der Waals surface area contributed by atoms with Crippen LogP contribution in [-0.2, 0) is 4.79 Å². The molecule has 0 aliphatic heterocycles. The van der Waals surface area contributed by atoms with Crippen molar-refractivity contribution in [2.24, 2.45) is 11.8 Å². The van der Waals surface area contributed by atoms with Crippen molar-refractivity contribution >= 4 is 6.29 Å². The third-order valence-electron chi connectivity index (χ3n) is 2.67. The molecule has 0 aromatic rings. The fourth-order valence-electron chi connectivity index (χ4n) is 1.87. The van der Waals surface area contributed by atoms with Gasteiger partial charge in [0.1, 0.15) is 6.29 Å². The molecule has 1 rings (SSSR count). The van der Waals surface area contributed by atoms with Gasteiger partial charge in [0.25, 0.3) is 0 Å². The molecule has 1 heteroatoms. The molecule has 0 radical (unpaired) electrons. The Morgan fingerprint density at radius 2 is 2.18 bits per heavy atom. The Morgan fingerprint density at radius 1 is 1.55 bits per heavy atom.